The molecule has 2 rings (SSSR count). The molecule has 1 N–H and O–H groups in total. The summed E-state index contributed by atoms with van der Waals surface area (Å²) >= 11 is 0. The minimum absolute atomic E-state index is 0.0236. The van der Waals surface area contributed by atoms with E-state index in [1.807, 2.05) is 43.4 Å². The minimum atomic E-state index is -0.0236. The Balaban J connectivity index is 2.03. The number of benzene rings is 1. The average Bonchev–Trinajstić information content (AvgIpc) is 2.53. The molecule has 116 valence electrons. The minimum Gasteiger partial charge on any atom is -0.384 e. The van der Waals surface area contributed by atoms with E-state index in [2.05, 4.69) is 24.1 Å². The average molecular weight is 297 g/mol. The molecular formula is C18H23N3O. The number of nitrogens with one attached hydrogen (secondary N) is 1. The Hall–Kier alpha value is -2.36. The number of hydrogen-bond donors (Lipinski definition) is 1. The largest absolute Gasteiger partial charge is 0.384 e. The van der Waals surface area contributed by atoms with Gasteiger partial charge in [0, 0.05) is 32.5 Å². The molecule has 2 aromatic rings. The van der Waals surface area contributed by atoms with Gasteiger partial charge in [0.2, 0.25) is 0 Å². The van der Waals surface area contributed by atoms with Crippen LogP contribution in [0.25, 0.3) is 0 Å². The van der Waals surface area contributed by atoms with Crippen LogP contribution in [0.1, 0.15) is 29.8 Å². The van der Waals surface area contributed by atoms with Crippen LogP contribution < -0.4 is 5.32 Å². The van der Waals surface area contributed by atoms with Gasteiger partial charge in [-0.1, -0.05) is 44.2 Å². The van der Waals surface area contributed by atoms with E-state index in [9.17, 15) is 4.79 Å². The molecule has 0 saturated carbocycles. The highest BCUT2D eigenvalue weighted by molar-refractivity contribution is 5.94. The molecule has 0 saturated heterocycles. The summed E-state index contributed by atoms with van der Waals surface area (Å²) < 4.78 is 0. The molecule has 0 aliphatic carbocycles. The van der Waals surface area contributed by atoms with E-state index in [0.717, 1.165) is 17.8 Å². The molecule has 1 heterocycles. The summed E-state index contributed by atoms with van der Waals surface area (Å²) in [5, 5.41) is 3.29. The Morgan fingerprint density at radius 3 is 2.64 bits per heavy atom. The number of hydrogen-bond acceptors (Lipinski definition) is 3. The number of carbonyl (C=O) groups is 1. The van der Waals surface area contributed by atoms with Crippen molar-refractivity contribution >= 4 is 11.6 Å². The highest BCUT2D eigenvalue weighted by Crippen LogP contribution is 2.12. The topological polar surface area (TPSA) is 45.2 Å². The third-order valence-electron chi connectivity index (χ3n) is 3.31. The number of nitrogens with zero attached hydrogens (tertiary/aromatic N) is 2. The van der Waals surface area contributed by atoms with E-state index < -0.39 is 0 Å². The van der Waals surface area contributed by atoms with Crippen LogP contribution in [0.5, 0.6) is 0 Å². The molecule has 0 aliphatic heterocycles. The molecule has 0 aliphatic rings. The zero-order valence-electron chi connectivity index (χ0n) is 13.4. The molecule has 0 atom stereocenters. The van der Waals surface area contributed by atoms with Crippen molar-refractivity contribution in [1.82, 2.24) is 9.88 Å². The van der Waals surface area contributed by atoms with E-state index in [0.29, 0.717) is 18.0 Å². The molecule has 4 heteroatoms. The highest BCUT2D eigenvalue weighted by atomic mass is 16.2. The van der Waals surface area contributed by atoms with Crippen LogP contribution in [0.15, 0.2) is 48.8 Å². The van der Waals surface area contributed by atoms with Crippen LogP contribution in [0.2, 0.25) is 0 Å². The molecular weight excluding hydrogens is 274 g/mol. The maximum atomic E-state index is 12.5. The van der Waals surface area contributed by atoms with E-state index >= 15 is 0 Å². The van der Waals surface area contributed by atoms with Gasteiger partial charge in [0.15, 0.2) is 0 Å². The molecule has 4 nitrogen and oxygen atoms in total. The predicted molar refractivity (Wildman–Crippen MR) is 89.8 cm³/mol. The van der Waals surface area contributed by atoms with Gasteiger partial charge in [-0.05, 0) is 17.5 Å². The molecule has 1 amide bonds. The lowest BCUT2D eigenvalue weighted by Gasteiger charge is -2.18. The van der Waals surface area contributed by atoms with Crippen molar-refractivity contribution in [3.63, 3.8) is 0 Å². The first-order valence-corrected chi connectivity index (χ1v) is 7.54. The first-order chi connectivity index (χ1) is 10.6. The van der Waals surface area contributed by atoms with Crippen LogP contribution in [0, 0.1) is 5.92 Å². The van der Waals surface area contributed by atoms with E-state index in [-0.39, 0.29) is 5.91 Å². The van der Waals surface area contributed by atoms with Crippen molar-refractivity contribution in [3.05, 3.63) is 59.9 Å². The summed E-state index contributed by atoms with van der Waals surface area (Å²) in [6.07, 6.45) is 3.36. The second-order valence-corrected chi connectivity index (χ2v) is 5.88. The molecule has 0 bridgehead atoms. The van der Waals surface area contributed by atoms with Gasteiger partial charge in [-0.25, -0.2) is 0 Å². The fourth-order valence-corrected chi connectivity index (χ4v) is 2.13. The molecule has 22 heavy (non-hydrogen) atoms. The van der Waals surface area contributed by atoms with Gasteiger partial charge in [0.1, 0.15) is 0 Å². The van der Waals surface area contributed by atoms with Crippen molar-refractivity contribution in [1.29, 1.82) is 0 Å². The molecule has 0 unspecified atom stereocenters. The maximum absolute atomic E-state index is 12.5. The number of rotatable bonds is 6. The van der Waals surface area contributed by atoms with Crippen molar-refractivity contribution in [2.45, 2.75) is 20.4 Å². The normalized spacial score (nSPS) is 10.5. The standard InChI is InChI=1S/C18H23N3O/c1-14(2)10-20-17-9-16(11-19-12-17)18(22)21(3)13-15-7-5-4-6-8-15/h4-9,11-12,14,20H,10,13H2,1-3H3. The van der Waals surface area contributed by atoms with Gasteiger partial charge >= 0.3 is 0 Å². The highest BCUT2D eigenvalue weighted by Gasteiger charge is 2.13. The Labute approximate surface area is 132 Å². The van der Waals surface area contributed by atoms with Gasteiger partial charge in [-0.3, -0.25) is 9.78 Å². The van der Waals surface area contributed by atoms with Crippen LogP contribution in [-0.2, 0) is 6.54 Å². The molecule has 1 aromatic carbocycles. The summed E-state index contributed by atoms with van der Waals surface area (Å²) in [5.41, 5.74) is 2.60. The lowest BCUT2D eigenvalue weighted by molar-refractivity contribution is 0.0784. The summed E-state index contributed by atoms with van der Waals surface area (Å²) in [6, 6.07) is 11.8. The summed E-state index contributed by atoms with van der Waals surface area (Å²) in [4.78, 5) is 18.4. The van der Waals surface area contributed by atoms with Crippen molar-refractivity contribution in [2.24, 2.45) is 5.92 Å². The third kappa shape index (κ3) is 4.58. The van der Waals surface area contributed by atoms with Gasteiger partial charge < -0.3 is 10.2 Å². The SMILES string of the molecule is CC(C)CNc1cncc(C(=O)N(C)Cc2ccccc2)c1. The Morgan fingerprint density at radius 2 is 1.95 bits per heavy atom. The Morgan fingerprint density at radius 1 is 1.23 bits per heavy atom. The molecule has 1 aromatic heterocycles. The van der Waals surface area contributed by atoms with Gasteiger partial charge in [0.25, 0.3) is 5.91 Å². The quantitative estimate of drug-likeness (QED) is 0.888. The fourth-order valence-electron chi connectivity index (χ4n) is 2.13. The van der Waals surface area contributed by atoms with E-state index in [4.69, 9.17) is 0 Å². The maximum Gasteiger partial charge on any atom is 0.255 e. The predicted octanol–water partition coefficient (Wildman–Crippen LogP) is 3.42. The monoisotopic (exact) mass is 297 g/mol. The van der Waals surface area contributed by atoms with Crippen LogP contribution in [0.4, 0.5) is 5.69 Å². The van der Waals surface area contributed by atoms with Crippen molar-refractivity contribution in [3.8, 4) is 0 Å². The lowest BCUT2D eigenvalue weighted by atomic mass is 10.2. The molecule has 0 spiro atoms. The van der Waals surface area contributed by atoms with Gasteiger partial charge in [0.05, 0.1) is 11.3 Å². The molecule has 0 fully saturated rings. The smallest absolute Gasteiger partial charge is 0.255 e. The van der Waals surface area contributed by atoms with Crippen LogP contribution in [-0.4, -0.2) is 29.4 Å². The number of aromatic nitrogens is 1. The first kappa shape index (κ1) is 16.0. The Bertz CT molecular complexity index is 611. The number of pyridine rings is 1. The lowest BCUT2D eigenvalue weighted by Crippen LogP contribution is -2.26. The van der Waals surface area contributed by atoms with Crippen molar-refractivity contribution in [2.75, 3.05) is 18.9 Å². The number of carbonyl (C=O) groups excluding carboxylic acids is 1. The first-order valence-electron chi connectivity index (χ1n) is 7.54. The van der Waals surface area contributed by atoms with Crippen LogP contribution >= 0.6 is 0 Å². The second-order valence-electron chi connectivity index (χ2n) is 5.88. The zero-order valence-corrected chi connectivity index (χ0v) is 13.4. The molecule has 0 radical (unpaired) electrons. The zero-order chi connectivity index (χ0) is 15.9. The fraction of sp³-hybridized carbons (Fsp3) is 0.333. The Kier molecular flexibility index (Phi) is 5.53. The van der Waals surface area contributed by atoms with Crippen LogP contribution in [0.3, 0.4) is 0 Å². The number of amides is 1. The van der Waals surface area contributed by atoms with Crippen molar-refractivity contribution < 1.29 is 4.79 Å². The third-order valence-corrected chi connectivity index (χ3v) is 3.31. The second kappa shape index (κ2) is 7.59. The summed E-state index contributed by atoms with van der Waals surface area (Å²) in [5.74, 6) is 0.518. The van der Waals surface area contributed by atoms with Gasteiger partial charge in [-0.15, -0.1) is 0 Å². The number of anilines is 1. The van der Waals surface area contributed by atoms with E-state index in [1.165, 1.54) is 0 Å². The summed E-state index contributed by atoms with van der Waals surface area (Å²) in [7, 11) is 1.81. The van der Waals surface area contributed by atoms with Gasteiger partial charge in [-0.2, -0.15) is 0 Å². The van der Waals surface area contributed by atoms with E-state index in [1.54, 1.807) is 17.3 Å². The summed E-state index contributed by atoms with van der Waals surface area (Å²) in [6.45, 7) is 5.73.